The molecule has 2 aliphatic heterocycles. The number of hydrogen-bond donors (Lipinski definition) is 7. The van der Waals surface area contributed by atoms with E-state index in [0.717, 1.165) is 46.6 Å². The molecule has 2 saturated heterocycles. The monoisotopic (exact) mass is 1490 g/mol. The standard InChI is InChI=1S/C33H37N7O4.C28H28N6O3.C20H14FN7O2/c1-22-10-6-8-12-26(22)28(41)34-30-36-31(35-29(42)27-13-9-7-11-23(27)2)40(37-30)25-16-14-24(15-17-25)38-18-20-39(21-19-38)32(43)44-33(3,4)5;1-18-7-3-5-9-23(18)25(36)29-27-31-28(30-26(37)24-10-6-4-8-19(24)2)34(32-27)21-13-11-20(12-14-21)33-16-15-22(35)17-33;21-15-2-1-3-16(12-15)28-20(25-18(30)14-6-10-23-11-7-14)26-19(27-28)24-17(29)13-4-8-22-9-5-13/h6-17H,18-21H2,1-5H3,(H2,34,35,36,37,41,42);3-14,22,35H,15-17H2,1-2H3,(H2,29,30,31,32,36,37);1-12H,(H2,24,25,26,27,29,30). The molecule has 30 heteroatoms. The van der Waals surface area contributed by atoms with Gasteiger partial charge in [0.1, 0.15) is 11.4 Å². The molecule has 1 atom stereocenters. The Balaban J connectivity index is 0.000000157. The second kappa shape index (κ2) is 34.6. The quantitative estimate of drug-likeness (QED) is 0.0445. The average molecular weight is 1500 g/mol. The first-order chi connectivity index (χ1) is 53.5. The van der Waals surface area contributed by atoms with Crippen LogP contribution >= 0.6 is 0 Å². The van der Waals surface area contributed by atoms with Gasteiger partial charge in [0.15, 0.2) is 0 Å². The van der Waals surface area contributed by atoms with Crippen LogP contribution in [0.1, 0.15) is 112 Å². The fraction of sp³-hybridized carbons (Fsp3) is 0.198. The largest absolute Gasteiger partial charge is 0.444 e. The number of aryl methyl sites for hydroxylation is 4. The van der Waals surface area contributed by atoms with E-state index in [0.29, 0.717) is 83.2 Å². The summed E-state index contributed by atoms with van der Waals surface area (Å²) in [4.78, 5) is 116. The van der Waals surface area contributed by atoms with Crippen LogP contribution in [-0.4, -0.2) is 157 Å². The number of halogens is 1. The number of aliphatic hydroxyl groups is 1. The summed E-state index contributed by atoms with van der Waals surface area (Å²) in [5, 5.41) is 39.5. The molecular formula is C81H79FN20O9. The molecule has 0 spiro atoms. The third-order valence-corrected chi connectivity index (χ3v) is 17.7. The maximum absolute atomic E-state index is 13.7. The van der Waals surface area contributed by atoms with Gasteiger partial charge >= 0.3 is 6.09 Å². The molecule has 0 radical (unpaired) electrons. The first kappa shape index (κ1) is 76.5. The zero-order valence-corrected chi connectivity index (χ0v) is 61.7. The second-order valence-corrected chi connectivity index (χ2v) is 26.8. The summed E-state index contributed by atoms with van der Waals surface area (Å²) in [5.74, 6) is -2.35. The fourth-order valence-corrected chi connectivity index (χ4v) is 11.9. The highest BCUT2D eigenvalue weighted by Crippen LogP contribution is 2.28. The van der Waals surface area contributed by atoms with Gasteiger partial charge in [-0.05, 0) is 192 Å². The lowest BCUT2D eigenvalue weighted by Crippen LogP contribution is -2.50. The normalized spacial score (nSPS) is 13.1. The number of carbonyl (C=O) groups excluding carboxylic acids is 7. The number of aliphatic hydroxyl groups excluding tert-OH is 1. The zero-order valence-electron chi connectivity index (χ0n) is 61.7. The maximum Gasteiger partial charge on any atom is 0.410 e. The fourth-order valence-electron chi connectivity index (χ4n) is 11.9. The minimum Gasteiger partial charge on any atom is -0.444 e. The molecule has 7 heterocycles. The van der Waals surface area contributed by atoms with Gasteiger partial charge in [0.25, 0.3) is 53.3 Å². The van der Waals surface area contributed by atoms with Crippen molar-refractivity contribution >= 4 is 88.6 Å². The summed E-state index contributed by atoms with van der Waals surface area (Å²) in [6, 6.07) is 56.0. The number of amides is 7. The minimum atomic E-state index is -0.535. The van der Waals surface area contributed by atoms with E-state index in [-0.39, 0.29) is 71.5 Å². The Hall–Kier alpha value is -14.2. The predicted molar refractivity (Wildman–Crippen MR) is 418 cm³/mol. The molecule has 0 bridgehead atoms. The number of pyridine rings is 2. The van der Waals surface area contributed by atoms with Crippen LogP contribution in [0.4, 0.5) is 56.2 Å². The van der Waals surface area contributed by atoms with Gasteiger partial charge in [0.2, 0.25) is 17.8 Å². The summed E-state index contributed by atoms with van der Waals surface area (Å²) >= 11 is 0. The molecule has 1 unspecified atom stereocenters. The Morgan fingerprint density at radius 3 is 1.14 bits per heavy atom. The van der Waals surface area contributed by atoms with Crippen LogP contribution < -0.4 is 41.7 Å². The van der Waals surface area contributed by atoms with Crippen LogP contribution in [0.3, 0.4) is 0 Å². The lowest BCUT2D eigenvalue weighted by Gasteiger charge is -2.36. The summed E-state index contributed by atoms with van der Waals surface area (Å²) < 4.78 is 23.4. The topological polar surface area (TPSA) is 349 Å². The molecule has 0 aliphatic carbocycles. The van der Waals surface area contributed by atoms with Crippen molar-refractivity contribution in [1.29, 1.82) is 0 Å². The SMILES string of the molecule is Cc1ccccc1C(=O)Nc1nc(NC(=O)c2ccccc2C)n(-c2ccc(N3CCC(O)C3)cc2)n1.Cc1ccccc1C(=O)Nc1nc(NC(=O)c2ccccc2C)n(-c2ccc(N3CCN(C(=O)OC(C)(C)C)CC3)cc2)n1.O=C(Nc1nc(NC(=O)c2ccncc2)n(-c2cccc(F)c2)n1)c1ccncc1. The van der Waals surface area contributed by atoms with Crippen molar-refractivity contribution in [2.45, 2.75) is 66.6 Å². The first-order valence-electron chi connectivity index (χ1n) is 35.4. The molecule has 7 aromatic carbocycles. The number of nitrogens with zero attached hydrogens (tertiary/aromatic N) is 14. The van der Waals surface area contributed by atoms with Crippen molar-refractivity contribution in [3.8, 4) is 17.1 Å². The van der Waals surface area contributed by atoms with E-state index in [9.17, 15) is 43.1 Å². The molecule has 14 rings (SSSR count). The summed E-state index contributed by atoms with van der Waals surface area (Å²) in [7, 11) is 0. The smallest absolute Gasteiger partial charge is 0.410 e. The second-order valence-electron chi connectivity index (χ2n) is 26.8. The maximum atomic E-state index is 13.7. The number of carbonyl (C=O) groups is 7. The van der Waals surface area contributed by atoms with Crippen LogP contribution in [-0.2, 0) is 4.74 Å². The number of hydrogen-bond acceptors (Lipinski definition) is 19. The highest BCUT2D eigenvalue weighted by molar-refractivity contribution is 6.08. The highest BCUT2D eigenvalue weighted by atomic mass is 19.1. The van der Waals surface area contributed by atoms with Crippen LogP contribution in [0.15, 0.2) is 219 Å². The summed E-state index contributed by atoms with van der Waals surface area (Å²) in [6.07, 6.45) is 6.03. The van der Waals surface area contributed by atoms with Crippen molar-refractivity contribution in [1.82, 2.24) is 59.2 Å². The molecule has 111 heavy (non-hydrogen) atoms. The third kappa shape index (κ3) is 19.5. The van der Waals surface area contributed by atoms with Gasteiger partial charge in [0.05, 0.1) is 23.2 Å². The molecule has 2 aliphatic rings. The van der Waals surface area contributed by atoms with E-state index in [4.69, 9.17) is 4.74 Å². The van der Waals surface area contributed by atoms with Crippen LogP contribution in [0.5, 0.6) is 0 Å². The van der Waals surface area contributed by atoms with E-state index in [2.05, 4.69) is 81.9 Å². The number of nitrogens with one attached hydrogen (secondary N) is 6. The van der Waals surface area contributed by atoms with Gasteiger partial charge in [-0.1, -0.05) is 78.9 Å². The summed E-state index contributed by atoms with van der Waals surface area (Å²) in [5.41, 5.74) is 9.10. The number of rotatable bonds is 17. The Morgan fingerprint density at radius 1 is 0.405 bits per heavy atom. The van der Waals surface area contributed by atoms with Gasteiger partial charge in [-0.15, -0.1) is 15.3 Å². The predicted octanol–water partition coefficient (Wildman–Crippen LogP) is 12.1. The number of anilines is 8. The van der Waals surface area contributed by atoms with Gasteiger partial charge < -0.3 is 24.5 Å². The van der Waals surface area contributed by atoms with Crippen molar-refractivity contribution < 1.29 is 47.8 Å². The Labute approximate surface area is 637 Å². The van der Waals surface area contributed by atoms with Gasteiger partial charge in [0, 0.05) is 109 Å². The molecular weight excluding hydrogens is 1420 g/mol. The van der Waals surface area contributed by atoms with Crippen molar-refractivity contribution in [3.63, 3.8) is 0 Å². The Bertz CT molecular complexity index is 5350. The van der Waals surface area contributed by atoms with E-state index in [1.165, 1.54) is 81.3 Å². The van der Waals surface area contributed by atoms with E-state index in [1.807, 2.05) is 146 Å². The Morgan fingerprint density at radius 2 is 0.757 bits per heavy atom. The number of aromatic nitrogens is 11. The van der Waals surface area contributed by atoms with Gasteiger partial charge in [-0.25, -0.2) is 9.18 Å². The van der Waals surface area contributed by atoms with E-state index in [1.54, 1.807) is 59.5 Å². The van der Waals surface area contributed by atoms with Crippen molar-refractivity contribution in [3.05, 3.63) is 280 Å². The first-order valence-corrected chi connectivity index (χ1v) is 35.4. The van der Waals surface area contributed by atoms with Crippen LogP contribution in [0.25, 0.3) is 17.1 Å². The molecule has 2 fully saturated rings. The third-order valence-electron chi connectivity index (χ3n) is 17.7. The highest BCUT2D eigenvalue weighted by Gasteiger charge is 2.28. The number of benzene rings is 7. The molecule has 7 N–H and O–H groups in total. The van der Waals surface area contributed by atoms with Gasteiger partial charge in [-0.2, -0.15) is 29.0 Å². The average Bonchev–Trinajstić information content (AvgIpc) is 1.33. The number of ether oxygens (including phenoxy) is 1. The molecule has 29 nitrogen and oxygen atoms in total. The molecule has 5 aromatic heterocycles. The van der Waals surface area contributed by atoms with Crippen LogP contribution in [0, 0.1) is 33.5 Å². The van der Waals surface area contributed by atoms with Crippen LogP contribution in [0.2, 0.25) is 0 Å². The lowest BCUT2D eigenvalue weighted by atomic mass is 10.1. The van der Waals surface area contributed by atoms with E-state index < -0.39 is 23.2 Å². The van der Waals surface area contributed by atoms with Crippen molar-refractivity contribution in [2.24, 2.45) is 0 Å². The zero-order chi connectivity index (χ0) is 78.3. The number of piperazine rings is 1. The van der Waals surface area contributed by atoms with E-state index >= 15 is 0 Å². The van der Waals surface area contributed by atoms with Gasteiger partial charge in [-0.3, -0.25) is 70.6 Å². The number of β-amino-alcohol motifs (C(OH)–C–C–N with tert-alkyl or cyclic N) is 1. The van der Waals surface area contributed by atoms with Crippen molar-refractivity contribution in [2.75, 3.05) is 81.0 Å². The summed E-state index contributed by atoms with van der Waals surface area (Å²) in [6.45, 7) is 16.8. The minimum absolute atomic E-state index is 0.00689. The lowest BCUT2D eigenvalue weighted by molar-refractivity contribution is 0.0240. The molecule has 0 saturated carbocycles. The molecule has 564 valence electrons. The Kier molecular flexibility index (Phi) is 23.8. The molecule has 12 aromatic rings. The molecule has 7 amide bonds.